The van der Waals surface area contributed by atoms with Gasteiger partial charge in [-0.3, -0.25) is 19.8 Å². The number of hydrogen-bond donors (Lipinski definition) is 2. The Balaban J connectivity index is 1.29. The maximum Gasteiger partial charge on any atom is 0.319 e. The molecule has 5 heterocycles. The van der Waals surface area contributed by atoms with Crippen LogP contribution in [0.5, 0.6) is 0 Å². The molecule has 1 atom stereocenters. The third-order valence-corrected chi connectivity index (χ3v) is 9.35. The smallest absolute Gasteiger partial charge is 0.319 e. The highest BCUT2D eigenvalue weighted by molar-refractivity contribution is 7.23. The highest BCUT2D eigenvalue weighted by Crippen LogP contribution is 2.42. The molecule has 0 aliphatic carbocycles. The van der Waals surface area contributed by atoms with E-state index in [1.165, 1.54) is 11.3 Å². The number of anilines is 1. The molecule has 1 unspecified atom stereocenters. The van der Waals surface area contributed by atoms with Crippen LogP contribution >= 0.6 is 11.3 Å². The third-order valence-electron chi connectivity index (χ3n) is 8.33. The second-order valence-corrected chi connectivity index (χ2v) is 11.6. The van der Waals surface area contributed by atoms with Gasteiger partial charge in [0, 0.05) is 56.4 Å². The number of urea groups is 1. The van der Waals surface area contributed by atoms with E-state index in [1.54, 1.807) is 0 Å². The lowest BCUT2D eigenvalue weighted by Crippen LogP contribution is -2.54. The van der Waals surface area contributed by atoms with Crippen LogP contribution in [0.3, 0.4) is 0 Å². The van der Waals surface area contributed by atoms with Crippen LogP contribution in [0.15, 0.2) is 12.1 Å². The van der Waals surface area contributed by atoms with E-state index in [9.17, 15) is 14.4 Å². The van der Waals surface area contributed by atoms with E-state index in [1.807, 2.05) is 35.8 Å². The van der Waals surface area contributed by atoms with E-state index in [-0.39, 0.29) is 17.4 Å². The zero-order valence-corrected chi connectivity index (χ0v) is 23.0. The molecule has 1 spiro atoms. The molecular weight excluding hydrogens is 488 g/mol. The largest absolute Gasteiger partial charge is 0.342 e. The Kier molecular flexibility index (Phi) is 7.40. The fourth-order valence-electron chi connectivity index (χ4n) is 6.32. The average Bonchev–Trinajstić information content (AvgIpc) is 3.39. The van der Waals surface area contributed by atoms with Crippen molar-refractivity contribution in [3.05, 3.63) is 23.4 Å². The van der Waals surface area contributed by atoms with Crippen LogP contribution in [0.1, 0.15) is 62.0 Å². The lowest BCUT2D eigenvalue weighted by Gasteiger charge is -2.45. The van der Waals surface area contributed by atoms with Crippen molar-refractivity contribution >= 4 is 44.4 Å². The average molecular weight is 527 g/mol. The topological polar surface area (TPSA) is 97.9 Å². The molecule has 5 rings (SSSR count). The van der Waals surface area contributed by atoms with Gasteiger partial charge in [0.1, 0.15) is 9.83 Å². The van der Waals surface area contributed by atoms with E-state index >= 15 is 0 Å². The van der Waals surface area contributed by atoms with Crippen molar-refractivity contribution in [3.8, 4) is 0 Å². The Labute approximate surface area is 222 Å². The van der Waals surface area contributed by atoms with E-state index in [4.69, 9.17) is 0 Å². The van der Waals surface area contributed by atoms with Crippen LogP contribution in [0.4, 0.5) is 9.80 Å². The van der Waals surface area contributed by atoms with Gasteiger partial charge in [0.2, 0.25) is 5.91 Å². The van der Waals surface area contributed by atoms with Crippen molar-refractivity contribution in [1.82, 2.24) is 25.0 Å². The fraction of sp³-hybridized carbons (Fsp3) is 0.630. The predicted molar refractivity (Wildman–Crippen MR) is 146 cm³/mol. The molecule has 3 aliphatic heterocycles. The summed E-state index contributed by atoms with van der Waals surface area (Å²) in [7, 11) is 0. The summed E-state index contributed by atoms with van der Waals surface area (Å²) < 4.78 is 0. The number of pyridine rings is 1. The van der Waals surface area contributed by atoms with Crippen LogP contribution in [0, 0.1) is 12.3 Å². The Morgan fingerprint density at radius 2 is 1.92 bits per heavy atom. The van der Waals surface area contributed by atoms with Gasteiger partial charge in [0.15, 0.2) is 0 Å². The number of aryl methyl sites for hydroxylation is 1. The summed E-state index contributed by atoms with van der Waals surface area (Å²) in [6.45, 7) is 11.2. The fourth-order valence-corrected chi connectivity index (χ4v) is 7.43. The monoisotopic (exact) mass is 526 g/mol. The van der Waals surface area contributed by atoms with E-state index < -0.39 is 0 Å². The number of carbonyl (C=O) groups is 3. The Morgan fingerprint density at radius 3 is 2.62 bits per heavy atom. The maximum atomic E-state index is 13.8. The molecule has 0 radical (unpaired) electrons. The summed E-state index contributed by atoms with van der Waals surface area (Å²) in [4.78, 5) is 51.0. The Hall–Kier alpha value is -2.72. The van der Waals surface area contributed by atoms with Gasteiger partial charge in [-0.1, -0.05) is 11.3 Å². The number of thiophene rings is 1. The first-order chi connectivity index (χ1) is 17.8. The summed E-state index contributed by atoms with van der Waals surface area (Å²) in [6.07, 6.45) is 4.81. The van der Waals surface area contributed by atoms with Gasteiger partial charge >= 0.3 is 6.03 Å². The lowest BCUT2D eigenvalue weighted by atomic mass is 9.77. The zero-order valence-electron chi connectivity index (χ0n) is 22.1. The van der Waals surface area contributed by atoms with Crippen molar-refractivity contribution < 1.29 is 14.4 Å². The van der Waals surface area contributed by atoms with Crippen molar-refractivity contribution in [2.45, 2.75) is 58.9 Å². The van der Waals surface area contributed by atoms with Crippen molar-refractivity contribution in [1.29, 1.82) is 0 Å². The molecule has 10 heteroatoms. The molecule has 2 N–H and O–H groups in total. The van der Waals surface area contributed by atoms with Crippen LogP contribution in [-0.4, -0.2) is 89.4 Å². The molecule has 2 aromatic heterocycles. The normalized spacial score (nSPS) is 23.3. The number of likely N-dealkylation sites (tertiary alicyclic amines) is 3. The molecule has 4 amide bonds. The van der Waals surface area contributed by atoms with Gasteiger partial charge in [0.25, 0.3) is 5.91 Å². The van der Waals surface area contributed by atoms with Gasteiger partial charge in [-0.15, -0.1) is 0 Å². The van der Waals surface area contributed by atoms with Gasteiger partial charge in [-0.2, -0.15) is 0 Å². The van der Waals surface area contributed by atoms with E-state index in [2.05, 4.69) is 27.4 Å². The molecule has 200 valence electrons. The quantitative estimate of drug-likeness (QED) is 0.619. The Morgan fingerprint density at radius 1 is 1.14 bits per heavy atom. The zero-order chi connectivity index (χ0) is 26.2. The Bertz CT molecular complexity index is 1190. The highest BCUT2D eigenvalue weighted by atomic mass is 32.1. The van der Waals surface area contributed by atoms with Gasteiger partial charge < -0.3 is 15.1 Å². The maximum absolute atomic E-state index is 13.8. The molecule has 0 aromatic carbocycles. The number of nitrogens with one attached hydrogen (secondary N) is 2. The summed E-state index contributed by atoms with van der Waals surface area (Å²) in [5.41, 5.74) is 1.20. The molecule has 3 aliphatic rings. The van der Waals surface area contributed by atoms with Crippen molar-refractivity contribution in [2.24, 2.45) is 5.41 Å². The SMILES string of the molecule is CCNC(=O)Nc1sc2nc(C)ccc2c1C(=O)N1CCC(N2CCCC3(CCN(CC)C3=O)C2)CC1. The number of piperidine rings is 2. The number of aromatic nitrogens is 1. The minimum Gasteiger partial charge on any atom is -0.342 e. The second kappa shape index (κ2) is 10.6. The number of nitrogens with zero attached hydrogens (tertiary/aromatic N) is 4. The van der Waals surface area contributed by atoms with Crippen molar-refractivity contribution in [3.63, 3.8) is 0 Å². The summed E-state index contributed by atoms with van der Waals surface area (Å²) in [6, 6.07) is 3.91. The van der Waals surface area contributed by atoms with Crippen LogP contribution < -0.4 is 10.6 Å². The molecule has 9 nitrogen and oxygen atoms in total. The lowest BCUT2D eigenvalue weighted by molar-refractivity contribution is -0.139. The standard InChI is InChI=1S/C27H38N6O3S/c1-4-28-26(36)30-23-21(20-8-7-18(3)29-22(20)37-23)24(34)32-14-9-19(10-15-32)33-13-6-11-27(17-33)12-16-31(5-2)25(27)35/h7-8,19H,4-6,9-17H2,1-3H3,(H2,28,30,36). The van der Waals surface area contributed by atoms with Gasteiger partial charge in [0.05, 0.1) is 11.0 Å². The predicted octanol–water partition coefficient (Wildman–Crippen LogP) is 3.69. The minimum absolute atomic E-state index is 0.0539. The highest BCUT2D eigenvalue weighted by Gasteiger charge is 2.49. The molecule has 3 fully saturated rings. The van der Waals surface area contributed by atoms with Gasteiger partial charge in [-0.25, -0.2) is 9.78 Å². The first-order valence-electron chi connectivity index (χ1n) is 13.6. The number of hydrogen-bond acceptors (Lipinski definition) is 6. The third kappa shape index (κ3) is 4.93. The summed E-state index contributed by atoms with van der Waals surface area (Å²) in [5, 5.41) is 6.96. The van der Waals surface area contributed by atoms with Gasteiger partial charge in [-0.05, 0) is 71.6 Å². The first kappa shape index (κ1) is 25.9. The van der Waals surface area contributed by atoms with Crippen LogP contribution in [0.2, 0.25) is 0 Å². The molecule has 37 heavy (non-hydrogen) atoms. The van der Waals surface area contributed by atoms with Crippen LogP contribution in [0.25, 0.3) is 10.2 Å². The number of amides is 4. The number of fused-ring (bicyclic) bond motifs is 1. The van der Waals surface area contributed by atoms with Crippen LogP contribution in [-0.2, 0) is 4.79 Å². The van der Waals surface area contributed by atoms with Crippen molar-refractivity contribution in [2.75, 3.05) is 51.1 Å². The van der Waals surface area contributed by atoms with E-state index in [0.717, 1.165) is 74.2 Å². The molecule has 3 saturated heterocycles. The number of carbonyl (C=O) groups excluding carboxylic acids is 3. The number of rotatable bonds is 5. The minimum atomic E-state index is -0.319. The van der Waals surface area contributed by atoms with E-state index in [0.29, 0.717) is 42.1 Å². The second-order valence-electron chi connectivity index (χ2n) is 10.6. The summed E-state index contributed by atoms with van der Waals surface area (Å²) in [5.74, 6) is 0.287. The summed E-state index contributed by atoms with van der Waals surface area (Å²) >= 11 is 1.35. The molecule has 2 aromatic rings. The molecular formula is C27H38N6O3S. The molecule has 0 bridgehead atoms. The molecule has 0 saturated carbocycles. The first-order valence-corrected chi connectivity index (χ1v) is 14.4.